The molecule has 0 atom stereocenters. The van der Waals surface area contributed by atoms with E-state index in [4.69, 9.17) is 23.2 Å². The van der Waals surface area contributed by atoms with Crippen molar-refractivity contribution >= 4 is 44.5 Å². The maximum absolute atomic E-state index is 12.2. The van der Waals surface area contributed by atoms with E-state index in [0.717, 1.165) is 0 Å². The fourth-order valence-corrected chi connectivity index (χ4v) is 2.71. The van der Waals surface area contributed by atoms with Gasteiger partial charge in [-0.1, -0.05) is 11.6 Å². The van der Waals surface area contributed by atoms with E-state index in [1.54, 1.807) is 13.8 Å². The minimum absolute atomic E-state index is 0.00587. The molecule has 2 heterocycles. The van der Waals surface area contributed by atoms with Crippen molar-refractivity contribution in [3.05, 3.63) is 22.7 Å². The van der Waals surface area contributed by atoms with E-state index < -0.39 is 15.1 Å². The van der Waals surface area contributed by atoms with Gasteiger partial charge in [0.25, 0.3) is 0 Å². The molecule has 0 saturated carbocycles. The molecule has 0 saturated heterocycles. The molecule has 0 radical (unpaired) electrons. The van der Waals surface area contributed by atoms with E-state index in [2.05, 4.69) is 25.5 Å². The number of H-pyrrole nitrogens is 1. The van der Waals surface area contributed by atoms with Gasteiger partial charge in [-0.3, -0.25) is 5.10 Å². The van der Waals surface area contributed by atoms with Crippen LogP contribution in [0.2, 0.25) is 10.3 Å². The number of sulfone groups is 1. The third-order valence-corrected chi connectivity index (χ3v) is 5.06. The number of rotatable bonds is 4. The van der Waals surface area contributed by atoms with Crippen molar-refractivity contribution in [2.45, 2.75) is 24.1 Å². The second kappa shape index (κ2) is 5.55. The fourth-order valence-electron chi connectivity index (χ4n) is 1.38. The molecule has 0 unspecified atom stereocenters. The molecule has 0 aliphatic heterocycles. The Balaban J connectivity index is 2.42. The second-order valence-corrected chi connectivity index (χ2v) is 7.35. The van der Waals surface area contributed by atoms with Crippen LogP contribution in [0.4, 0.5) is 11.5 Å². The standard InChI is InChI=1S/C10H11Cl2N5O2S/c1-5(2)20(18,19)9-7(4-14-17-9)15-8-6(11)3-13-10(12)16-8/h3-5H,1-2H3,(H,14,17)(H,13,15,16). The fraction of sp³-hybridized carbons (Fsp3) is 0.300. The van der Waals surface area contributed by atoms with Crippen LogP contribution in [-0.4, -0.2) is 33.8 Å². The molecule has 0 aliphatic rings. The summed E-state index contributed by atoms with van der Waals surface area (Å²) in [4.78, 5) is 7.60. The number of aromatic nitrogens is 4. The predicted molar refractivity (Wildman–Crippen MR) is 76.2 cm³/mol. The molecule has 0 spiro atoms. The smallest absolute Gasteiger partial charge is 0.224 e. The number of hydrogen-bond acceptors (Lipinski definition) is 6. The van der Waals surface area contributed by atoms with Crippen LogP contribution in [0.1, 0.15) is 13.8 Å². The van der Waals surface area contributed by atoms with Gasteiger partial charge >= 0.3 is 0 Å². The van der Waals surface area contributed by atoms with Crippen LogP contribution < -0.4 is 5.32 Å². The van der Waals surface area contributed by atoms with Crippen molar-refractivity contribution in [3.8, 4) is 0 Å². The molecule has 2 N–H and O–H groups in total. The Bertz CT molecular complexity index is 729. The van der Waals surface area contributed by atoms with E-state index in [-0.39, 0.29) is 26.8 Å². The first kappa shape index (κ1) is 15.0. The maximum atomic E-state index is 12.2. The van der Waals surface area contributed by atoms with Crippen LogP contribution in [0.15, 0.2) is 17.4 Å². The normalized spacial score (nSPS) is 11.8. The molecule has 2 rings (SSSR count). The second-order valence-electron chi connectivity index (χ2n) is 4.17. The summed E-state index contributed by atoms with van der Waals surface area (Å²) in [5.41, 5.74) is 0.246. The van der Waals surface area contributed by atoms with E-state index >= 15 is 0 Å². The van der Waals surface area contributed by atoms with Gasteiger partial charge in [0.05, 0.1) is 23.3 Å². The molecule has 108 valence electrons. The lowest BCUT2D eigenvalue weighted by atomic mass is 10.5. The molecular formula is C10H11Cl2N5O2S. The Morgan fingerprint density at radius 2 is 2.00 bits per heavy atom. The first-order valence-corrected chi connectivity index (χ1v) is 7.85. The van der Waals surface area contributed by atoms with Crippen molar-refractivity contribution in [1.29, 1.82) is 0 Å². The highest BCUT2D eigenvalue weighted by molar-refractivity contribution is 7.92. The van der Waals surface area contributed by atoms with Gasteiger partial charge in [0.15, 0.2) is 20.7 Å². The molecular weight excluding hydrogens is 325 g/mol. The van der Waals surface area contributed by atoms with Crippen molar-refractivity contribution in [1.82, 2.24) is 20.2 Å². The topological polar surface area (TPSA) is 101 Å². The number of aromatic amines is 1. The van der Waals surface area contributed by atoms with E-state index in [9.17, 15) is 8.42 Å². The Kier molecular flexibility index (Phi) is 4.17. The van der Waals surface area contributed by atoms with Gasteiger partial charge in [-0.15, -0.1) is 0 Å². The Hall–Kier alpha value is -1.38. The summed E-state index contributed by atoms with van der Waals surface area (Å²) in [6, 6.07) is 0. The Morgan fingerprint density at radius 3 is 2.65 bits per heavy atom. The molecule has 0 bridgehead atoms. The van der Waals surface area contributed by atoms with Gasteiger partial charge in [0.1, 0.15) is 5.02 Å². The van der Waals surface area contributed by atoms with Crippen LogP contribution in [-0.2, 0) is 9.84 Å². The van der Waals surface area contributed by atoms with Gasteiger partial charge in [0.2, 0.25) is 5.28 Å². The Morgan fingerprint density at radius 1 is 1.30 bits per heavy atom. The summed E-state index contributed by atoms with van der Waals surface area (Å²) >= 11 is 11.6. The summed E-state index contributed by atoms with van der Waals surface area (Å²) < 4.78 is 24.3. The monoisotopic (exact) mass is 335 g/mol. The zero-order valence-electron chi connectivity index (χ0n) is 10.6. The molecule has 10 heteroatoms. The van der Waals surface area contributed by atoms with E-state index in [0.29, 0.717) is 0 Å². The first-order chi connectivity index (χ1) is 9.32. The number of hydrogen-bond donors (Lipinski definition) is 2. The predicted octanol–water partition coefficient (Wildman–Crippen LogP) is 2.43. The highest BCUT2D eigenvalue weighted by Crippen LogP contribution is 2.28. The van der Waals surface area contributed by atoms with Crippen molar-refractivity contribution in [3.63, 3.8) is 0 Å². The maximum Gasteiger partial charge on any atom is 0.224 e. The Labute approximate surface area is 125 Å². The highest BCUT2D eigenvalue weighted by atomic mass is 35.5. The third kappa shape index (κ3) is 2.87. The van der Waals surface area contributed by atoms with Crippen LogP contribution in [0.3, 0.4) is 0 Å². The molecule has 0 aliphatic carbocycles. The number of anilines is 2. The lowest BCUT2D eigenvalue weighted by Crippen LogP contribution is -2.16. The van der Waals surface area contributed by atoms with Gasteiger partial charge < -0.3 is 5.32 Å². The van der Waals surface area contributed by atoms with Crippen LogP contribution in [0.25, 0.3) is 0 Å². The highest BCUT2D eigenvalue weighted by Gasteiger charge is 2.25. The summed E-state index contributed by atoms with van der Waals surface area (Å²) in [5, 5.41) is 8.56. The molecule has 20 heavy (non-hydrogen) atoms. The molecule has 0 aromatic carbocycles. The molecule has 0 fully saturated rings. The summed E-state index contributed by atoms with van der Waals surface area (Å²) in [6.45, 7) is 3.16. The molecule has 0 amide bonds. The van der Waals surface area contributed by atoms with E-state index in [1.807, 2.05) is 0 Å². The van der Waals surface area contributed by atoms with E-state index in [1.165, 1.54) is 12.4 Å². The lowest BCUT2D eigenvalue weighted by Gasteiger charge is -2.10. The summed E-state index contributed by atoms with van der Waals surface area (Å²) in [7, 11) is -3.51. The zero-order chi connectivity index (χ0) is 14.9. The quantitative estimate of drug-likeness (QED) is 0.832. The molecule has 2 aromatic heterocycles. The van der Waals surface area contributed by atoms with Gasteiger partial charge in [-0.05, 0) is 25.4 Å². The number of halogens is 2. The minimum atomic E-state index is -3.51. The van der Waals surface area contributed by atoms with Crippen LogP contribution in [0.5, 0.6) is 0 Å². The average Bonchev–Trinajstić information content (AvgIpc) is 2.82. The van der Waals surface area contributed by atoms with Crippen molar-refractivity contribution in [2.75, 3.05) is 5.32 Å². The summed E-state index contributed by atoms with van der Waals surface area (Å²) in [6.07, 6.45) is 2.65. The van der Waals surface area contributed by atoms with Gasteiger partial charge in [0, 0.05) is 0 Å². The molecule has 2 aromatic rings. The first-order valence-electron chi connectivity index (χ1n) is 5.54. The van der Waals surface area contributed by atoms with Gasteiger partial charge in [-0.25, -0.2) is 13.4 Å². The minimum Gasteiger partial charge on any atom is -0.335 e. The lowest BCUT2D eigenvalue weighted by molar-refractivity contribution is 0.583. The molecule has 7 nitrogen and oxygen atoms in total. The van der Waals surface area contributed by atoms with Crippen molar-refractivity contribution in [2.24, 2.45) is 0 Å². The third-order valence-electron chi connectivity index (χ3n) is 2.48. The zero-order valence-corrected chi connectivity index (χ0v) is 12.9. The summed E-state index contributed by atoms with van der Waals surface area (Å²) in [5.74, 6) is 0.202. The van der Waals surface area contributed by atoms with Crippen LogP contribution in [0, 0.1) is 0 Å². The van der Waals surface area contributed by atoms with Crippen LogP contribution >= 0.6 is 23.2 Å². The number of nitrogens with zero attached hydrogens (tertiary/aromatic N) is 3. The SMILES string of the molecule is CC(C)S(=O)(=O)c1[nH]ncc1Nc1nc(Cl)ncc1Cl. The average molecular weight is 336 g/mol. The largest absolute Gasteiger partial charge is 0.335 e. The number of nitrogens with one attached hydrogen (secondary N) is 2. The van der Waals surface area contributed by atoms with Crippen molar-refractivity contribution < 1.29 is 8.42 Å². The van der Waals surface area contributed by atoms with Gasteiger partial charge in [-0.2, -0.15) is 10.1 Å².